The van der Waals surface area contributed by atoms with Gasteiger partial charge in [0.1, 0.15) is 11.6 Å². The topological polar surface area (TPSA) is 130 Å². The van der Waals surface area contributed by atoms with E-state index < -0.39 is 17.7 Å². The van der Waals surface area contributed by atoms with Crippen molar-refractivity contribution in [2.45, 2.75) is 82.7 Å². The third-order valence-electron chi connectivity index (χ3n) is 7.51. The Morgan fingerprint density at radius 1 is 1.17 bits per heavy atom. The largest absolute Gasteiger partial charge is 0.465 e. The molecule has 0 aromatic rings. The molecule has 3 aliphatic rings. The predicted octanol–water partition coefficient (Wildman–Crippen LogP) is 2.56. The fourth-order valence-corrected chi connectivity index (χ4v) is 5.39. The van der Waals surface area contributed by atoms with E-state index in [-0.39, 0.29) is 11.9 Å². The second-order valence-corrected chi connectivity index (χ2v) is 10.1. The molecular weight excluding hydrogens is 448 g/mol. The number of amides is 2. The number of morpholine rings is 1. The Bertz CT molecular complexity index is 762. The summed E-state index contributed by atoms with van der Waals surface area (Å²) in [7, 11) is 0. The summed E-state index contributed by atoms with van der Waals surface area (Å²) in [6, 6.07) is 1.63. The zero-order valence-electron chi connectivity index (χ0n) is 21.1. The maximum atomic E-state index is 13.6. The van der Waals surface area contributed by atoms with Gasteiger partial charge in [0.25, 0.3) is 0 Å². The molecule has 2 aliphatic heterocycles. The molecular formula is C25H42N6O4. The lowest BCUT2D eigenvalue weighted by Crippen LogP contribution is -2.57. The van der Waals surface area contributed by atoms with Gasteiger partial charge in [-0.1, -0.05) is 39.0 Å². The minimum atomic E-state index is -1.21. The van der Waals surface area contributed by atoms with Crippen molar-refractivity contribution >= 4 is 18.0 Å². The monoisotopic (exact) mass is 490 g/mol. The molecule has 0 radical (unpaired) electrons. The molecule has 10 heteroatoms. The van der Waals surface area contributed by atoms with Crippen LogP contribution in [0.15, 0.2) is 4.99 Å². The van der Waals surface area contributed by atoms with Crippen molar-refractivity contribution in [3.63, 3.8) is 0 Å². The van der Waals surface area contributed by atoms with Crippen molar-refractivity contribution in [3.8, 4) is 6.07 Å². The van der Waals surface area contributed by atoms with Crippen molar-refractivity contribution < 1.29 is 19.4 Å². The second-order valence-electron chi connectivity index (χ2n) is 10.1. The number of guanidine groups is 1. The third-order valence-corrected chi connectivity index (χ3v) is 7.51. The molecule has 0 spiro atoms. The lowest BCUT2D eigenvalue weighted by atomic mass is 9.84. The molecule has 1 atom stereocenters. The molecule has 2 heterocycles. The summed E-state index contributed by atoms with van der Waals surface area (Å²) in [4.78, 5) is 33.9. The highest BCUT2D eigenvalue weighted by Gasteiger charge is 2.38. The summed E-state index contributed by atoms with van der Waals surface area (Å²) in [5.41, 5.74) is -0.903. The van der Waals surface area contributed by atoms with Crippen LogP contribution in [0.2, 0.25) is 0 Å². The summed E-state index contributed by atoms with van der Waals surface area (Å²) in [6.07, 6.45) is 8.45. The Labute approximate surface area is 209 Å². The molecule has 3 rings (SSSR count). The van der Waals surface area contributed by atoms with Gasteiger partial charge in [0.2, 0.25) is 11.9 Å². The van der Waals surface area contributed by atoms with Gasteiger partial charge < -0.3 is 25.0 Å². The lowest BCUT2D eigenvalue weighted by molar-refractivity contribution is -0.124. The summed E-state index contributed by atoms with van der Waals surface area (Å²) in [5.74, 6) is 0.466. The van der Waals surface area contributed by atoms with E-state index in [9.17, 15) is 20.0 Å². The van der Waals surface area contributed by atoms with Crippen LogP contribution in [0.5, 0.6) is 0 Å². The van der Waals surface area contributed by atoms with Crippen LogP contribution < -0.4 is 10.6 Å². The molecule has 2 saturated heterocycles. The number of nitrogens with one attached hydrogen (secondary N) is 2. The summed E-state index contributed by atoms with van der Waals surface area (Å²) < 4.78 is 5.40. The van der Waals surface area contributed by atoms with Gasteiger partial charge in [0, 0.05) is 26.2 Å². The van der Waals surface area contributed by atoms with E-state index in [1.807, 2.05) is 4.90 Å². The highest BCUT2D eigenvalue weighted by molar-refractivity contribution is 5.95. The van der Waals surface area contributed by atoms with Gasteiger partial charge in [-0.2, -0.15) is 5.26 Å². The molecule has 0 aromatic carbocycles. The van der Waals surface area contributed by atoms with Crippen LogP contribution in [-0.4, -0.2) is 90.4 Å². The van der Waals surface area contributed by atoms with Gasteiger partial charge in [-0.25, -0.2) is 9.79 Å². The molecule has 3 fully saturated rings. The van der Waals surface area contributed by atoms with Crippen molar-refractivity contribution in [3.05, 3.63) is 0 Å². The number of hydrogen-bond donors (Lipinski definition) is 3. The van der Waals surface area contributed by atoms with E-state index >= 15 is 0 Å². The number of rotatable bonds is 8. The van der Waals surface area contributed by atoms with E-state index in [1.165, 1.54) is 19.3 Å². The molecule has 1 aliphatic carbocycles. The maximum Gasteiger partial charge on any atom is 0.411 e. The number of carbonyl (C=O) groups excluding carboxylic acids is 1. The summed E-state index contributed by atoms with van der Waals surface area (Å²) in [5, 5.41) is 24.9. The third kappa shape index (κ3) is 8.36. The van der Waals surface area contributed by atoms with Crippen LogP contribution in [0, 0.1) is 17.2 Å². The van der Waals surface area contributed by atoms with Crippen molar-refractivity contribution in [1.29, 1.82) is 5.26 Å². The number of nitrogens with zero attached hydrogens (tertiary/aromatic N) is 4. The SMILES string of the molecule is CCCN1CCC(C#N)(NC(=O)C(CCC2CCCCC2)N=C(NC(=O)O)N2CCOCC2)CC1. The standard InChI is InChI=1S/C25H42N6O4/c1-2-12-30-13-10-25(19-26,11-14-30)29-22(32)21(9-8-20-6-4-3-5-7-20)27-23(28-24(33)34)31-15-17-35-18-16-31/h20-21H,2-18H2,1H3,(H,27,28)(H,29,32)(H,33,34). The van der Waals surface area contributed by atoms with E-state index in [0.717, 1.165) is 45.3 Å². The van der Waals surface area contributed by atoms with Crippen molar-refractivity contribution in [2.24, 2.45) is 10.9 Å². The molecule has 2 amide bonds. The number of hydrogen-bond acceptors (Lipinski definition) is 6. The highest BCUT2D eigenvalue weighted by Crippen LogP contribution is 2.29. The quantitative estimate of drug-likeness (QED) is 0.352. The van der Waals surface area contributed by atoms with E-state index in [1.54, 1.807) is 0 Å². The van der Waals surface area contributed by atoms with Crippen LogP contribution in [0.3, 0.4) is 0 Å². The van der Waals surface area contributed by atoms with E-state index in [4.69, 9.17) is 4.74 Å². The predicted molar refractivity (Wildman–Crippen MR) is 133 cm³/mol. The lowest BCUT2D eigenvalue weighted by Gasteiger charge is -2.38. The van der Waals surface area contributed by atoms with Gasteiger partial charge in [-0.3, -0.25) is 10.1 Å². The van der Waals surface area contributed by atoms with Crippen LogP contribution in [0.4, 0.5) is 4.79 Å². The van der Waals surface area contributed by atoms with Crippen molar-refractivity contribution in [1.82, 2.24) is 20.4 Å². The number of nitriles is 1. The molecule has 3 N–H and O–H groups in total. The van der Waals surface area contributed by atoms with Gasteiger partial charge in [-0.15, -0.1) is 0 Å². The number of likely N-dealkylation sites (tertiary alicyclic amines) is 1. The number of aliphatic imine (C=N–C) groups is 1. The van der Waals surface area contributed by atoms with Crippen LogP contribution in [0.25, 0.3) is 0 Å². The first kappa shape index (κ1) is 27.2. The van der Waals surface area contributed by atoms with Gasteiger partial charge >= 0.3 is 6.09 Å². The molecule has 10 nitrogen and oxygen atoms in total. The van der Waals surface area contributed by atoms with Gasteiger partial charge in [0.15, 0.2) is 0 Å². The Morgan fingerprint density at radius 3 is 2.46 bits per heavy atom. The Kier molecular flexibility index (Phi) is 10.6. The first-order valence-electron chi connectivity index (χ1n) is 13.3. The fraction of sp³-hybridized carbons (Fsp3) is 0.840. The number of carbonyl (C=O) groups is 2. The molecule has 1 unspecified atom stereocenters. The highest BCUT2D eigenvalue weighted by atomic mass is 16.5. The minimum absolute atomic E-state index is 0.188. The molecule has 1 saturated carbocycles. The molecule has 0 aromatic heterocycles. The smallest absolute Gasteiger partial charge is 0.411 e. The normalized spacial score (nSPS) is 22.7. The fourth-order valence-electron chi connectivity index (χ4n) is 5.39. The summed E-state index contributed by atoms with van der Waals surface area (Å²) in [6.45, 7) is 6.65. The van der Waals surface area contributed by atoms with E-state index in [2.05, 4.69) is 33.5 Å². The van der Waals surface area contributed by atoms with Crippen LogP contribution >= 0.6 is 0 Å². The molecule has 35 heavy (non-hydrogen) atoms. The Hall–Kier alpha value is -2.38. The number of carboxylic acid groups (broad SMARTS) is 1. The Balaban J connectivity index is 1.76. The zero-order chi connectivity index (χ0) is 25.1. The number of ether oxygens (including phenoxy) is 1. The maximum absolute atomic E-state index is 13.6. The molecule has 0 bridgehead atoms. The molecule has 196 valence electrons. The first-order valence-corrected chi connectivity index (χ1v) is 13.3. The Morgan fingerprint density at radius 2 is 1.86 bits per heavy atom. The summed E-state index contributed by atoms with van der Waals surface area (Å²) >= 11 is 0. The first-order chi connectivity index (χ1) is 16.9. The van der Waals surface area contributed by atoms with Crippen LogP contribution in [-0.2, 0) is 9.53 Å². The minimum Gasteiger partial charge on any atom is -0.465 e. The van der Waals surface area contributed by atoms with Crippen LogP contribution in [0.1, 0.15) is 71.1 Å². The average Bonchev–Trinajstić information content (AvgIpc) is 2.88. The van der Waals surface area contributed by atoms with Gasteiger partial charge in [-0.05, 0) is 44.6 Å². The zero-order valence-corrected chi connectivity index (χ0v) is 21.1. The van der Waals surface area contributed by atoms with E-state index in [0.29, 0.717) is 51.5 Å². The number of piperidine rings is 1. The second kappa shape index (κ2) is 13.6. The van der Waals surface area contributed by atoms with Crippen molar-refractivity contribution in [2.75, 3.05) is 45.9 Å². The van der Waals surface area contributed by atoms with Gasteiger partial charge in [0.05, 0.1) is 19.3 Å². The average molecular weight is 491 g/mol.